The van der Waals surface area contributed by atoms with Gasteiger partial charge in [0.15, 0.2) is 0 Å². The predicted octanol–water partition coefficient (Wildman–Crippen LogP) is 0.165. The van der Waals surface area contributed by atoms with Crippen LogP contribution >= 0.6 is 0 Å². The van der Waals surface area contributed by atoms with Crippen LogP contribution in [0.25, 0.3) is 0 Å². The lowest BCUT2D eigenvalue weighted by atomic mass is 9.96. The van der Waals surface area contributed by atoms with Gasteiger partial charge in [0.05, 0.1) is 0 Å². The Kier molecular flexibility index (Phi) is 1.16. The van der Waals surface area contributed by atoms with Crippen LogP contribution in [0.5, 0.6) is 0 Å². The monoisotopic (exact) mass is 111 g/mol. The highest BCUT2D eigenvalue weighted by Crippen LogP contribution is 2.53. The minimum absolute atomic E-state index is 0.208. The zero-order valence-electron chi connectivity index (χ0n) is 5.94. The van der Waals surface area contributed by atoms with Gasteiger partial charge in [0.2, 0.25) is 0 Å². The molecule has 0 heterocycles. The lowest BCUT2D eigenvalue weighted by Gasteiger charge is -2.04. The van der Waals surface area contributed by atoms with Gasteiger partial charge in [0.1, 0.15) is 7.85 Å². The molecule has 1 aliphatic rings. The molecule has 0 aromatic rings. The third-order valence-corrected chi connectivity index (χ3v) is 2.95. The van der Waals surface area contributed by atoms with Crippen molar-refractivity contribution in [2.45, 2.75) is 31.6 Å². The summed E-state index contributed by atoms with van der Waals surface area (Å²) in [6.45, 7) is 4.40. The van der Waals surface area contributed by atoms with Gasteiger partial charge in [0.25, 0.3) is 0 Å². The average Bonchev–Trinajstić information content (AvgIpc) is 2.22. The molecule has 0 bridgehead atoms. The van der Waals surface area contributed by atoms with E-state index in [1.807, 2.05) is 0 Å². The Hall–Kier alpha value is 0.0249. The summed E-state index contributed by atoms with van der Waals surface area (Å²) < 4.78 is 0. The molecule has 0 aromatic heterocycles. The second-order valence-corrected chi connectivity index (χ2v) is 3.04. The van der Waals surface area contributed by atoms with Gasteiger partial charge in [-0.3, -0.25) is 0 Å². The molecular formula is C6H14BN. The van der Waals surface area contributed by atoms with Gasteiger partial charge in [-0.05, 0) is 18.2 Å². The quantitative estimate of drug-likeness (QED) is 0.479. The summed E-state index contributed by atoms with van der Waals surface area (Å²) in [6, 6.07) is 0. The molecule has 8 heavy (non-hydrogen) atoms. The highest BCUT2D eigenvalue weighted by molar-refractivity contribution is 6.15. The van der Waals surface area contributed by atoms with Crippen molar-refractivity contribution in [3.05, 3.63) is 0 Å². The summed E-state index contributed by atoms with van der Waals surface area (Å²) in [5, 5.41) is 0. The summed E-state index contributed by atoms with van der Waals surface area (Å²) in [5.41, 5.74) is 6.14. The van der Waals surface area contributed by atoms with Crippen LogP contribution in [0.3, 0.4) is 0 Å². The van der Waals surface area contributed by atoms with Gasteiger partial charge in [0, 0.05) is 5.54 Å². The largest absolute Gasteiger partial charge is 0.325 e. The van der Waals surface area contributed by atoms with Crippen LogP contribution in [0.2, 0.25) is 5.82 Å². The molecule has 1 aliphatic carbocycles. The maximum absolute atomic E-state index is 5.93. The van der Waals surface area contributed by atoms with Gasteiger partial charge in [-0.2, -0.15) is 0 Å². The van der Waals surface area contributed by atoms with Crippen LogP contribution in [0.4, 0.5) is 0 Å². The zero-order chi connectivity index (χ0) is 6.36. The lowest BCUT2D eigenvalue weighted by molar-refractivity contribution is 0.597. The third kappa shape index (κ3) is 0.525. The fourth-order valence-corrected chi connectivity index (χ4v) is 1.54. The average molecular weight is 111 g/mol. The van der Waals surface area contributed by atoms with Gasteiger partial charge in [-0.1, -0.05) is 13.8 Å². The minimum Gasteiger partial charge on any atom is -0.325 e. The van der Waals surface area contributed by atoms with Crippen molar-refractivity contribution in [3.8, 4) is 0 Å². The first-order valence-electron chi connectivity index (χ1n) is 3.41. The van der Waals surface area contributed by atoms with Crippen LogP contribution in [-0.4, -0.2) is 13.4 Å². The topological polar surface area (TPSA) is 26.0 Å². The SMILES string of the molecule is B[C@@H]1C(C)C1(N)CC. The first-order valence-corrected chi connectivity index (χ1v) is 3.41. The number of nitrogens with two attached hydrogens (primary N) is 1. The molecule has 0 spiro atoms. The van der Waals surface area contributed by atoms with E-state index in [0.29, 0.717) is 0 Å². The lowest BCUT2D eigenvalue weighted by Crippen LogP contribution is -2.24. The first-order chi connectivity index (χ1) is 3.63. The Morgan fingerprint density at radius 2 is 2.12 bits per heavy atom. The van der Waals surface area contributed by atoms with E-state index in [9.17, 15) is 0 Å². The van der Waals surface area contributed by atoms with Crippen LogP contribution in [0.15, 0.2) is 0 Å². The van der Waals surface area contributed by atoms with Gasteiger partial charge < -0.3 is 5.73 Å². The van der Waals surface area contributed by atoms with Crippen LogP contribution in [0.1, 0.15) is 20.3 Å². The maximum Gasteiger partial charge on any atom is 0.108 e. The van der Waals surface area contributed by atoms with Crippen molar-refractivity contribution in [3.63, 3.8) is 0 Å². The number of rotatable bonds is 1. The van der Waals surface area contributed by atoms with Crippen molar-refractivity contribution in [1.82, 2.24) is 0 Å². The van der Waals surface area contributed by atoms with Crippen molar-refractivity contribution < 1.29 is 0 Å². The number of hydrogen-bond acceptors (Lipinski definition) is 1. The normalized spacial score (nSPS) is 53.9. The molecule has 0 saturated heterocycles. The molecule has 0 amide bonds. The van der Waals surface area contributed by atoms with Crippen molar-refractivity contribution in [2.75, 3.05) is 0 Å². The van der Waals surface area contributed by atoms with E-state index in [1.54, 1.807) is 0 Å². The minimum atomic E-state index is 0.208. The maximum atomic E-state index is 5.93. The van der Waals surface area contributed by atoms with E-state index >= 15 is 0 Å². The van der Waals surface area contributed by atoms with Crippen molar-refractivity contribution in [1.29, 1.82) is 0 Å². The molecule has 0 aromatic carbocycles. The Labute approximate surface area is 52.0 Å². The van der Waals surface area contributed by atoms with Gasteiger partial charge >= 0.3 is 0 Å². The van der Waals surface area contributed by atoms with Gasteiger partial charge in [-0.15, -0.1) is 0 Å². The molecular weight excluding hydrogens is 96.9 g/mol. The molecule has 2 unspecified atom stereocenters. The molecule has 2 N–H and O–H groups in total. The molecule has 1 fully saturated rings. The summed E-state index contributed by atoms with van der Waals surface area (Å²) in [4.78, 5) is 0. The molecule has 0 radical (unpaired) electrons. The van der Waals surface area contributed by atoms with Crippen LogP contribution < -0.4 is 5.73 Å². The molecule has 0 aliphatic heterocycles. The van der Waals surface area contributed by atoms with Crippen LogP contribution in [-0.2, 0) is 0 Å². The highest BCUT2D eigenvalue weighted by Gasteiger charge is 2.53. The van der Waals surface area contributed by atoms with E-state index < -0.39 is 0 Å². The molecule has 1 rings (SSSR count). The van der Waals surface area contributed by atoms with Crippen molar-refractivity contribution >= 4 is 7.85 Å². The fraction of sp³-hybridized carbons (Fsp3) is 1.00. The summed E-state index contributed by atoms with van der Waals surface area (Å²) in [6.07, 6.45) is 1.13. The summed E-state index contributed by atoms with van der Waals surface area (Å²) in [5.74, 6) is 1.51. The zero-order valence-corrected chi connectivity index (χ0v) is 5.94. The standard InChI is InChI=1S/C6H14BN/c1-3-6(8)4(2)5(6)7/h4-5H,3,7-8H2,1-2H3/t4?,5-,6?/m1/s1. The second kappa shape index (κ2) is 1.50. The Bertz CT molecular complexity index is 94.7. The molecule has 3 atom stereocenters. The Morgan fingerprint density at radius 3 is 2.12 bits per heavy atom. The summed E-state index contributed by atoms with van der Waals surface area (Å²) in [7, 11) is 2.23. The predicted molar refractivity (Wildman–Crippen MR) is 38.7 cm³/mol. The van der Waals surface area contributed by atoms with E-state index in [1.165, 1.54) is 0 Å². The second-order valence-electron chi connectivity index (χ2n) is 3.04. The van der Waals surface area contributed by atoms with E-state index in [4.69, 9.17) is 5.73 Å². The van der Waals surface area contributed by atoms with E-state index in [2.05, 4.69) is 21.7 Å². The molecule has 46 valence electrons. The van der Waals surface area contributed by atoms with E-state index in [-0.39, 0.29) is 5.54 Å². The molecule has 1 saturated carbocycles. The van der Waals surface area contributed by atoms with Crippen molar-refractivity contribution in [2.24, 2.45) is 11.7 Å². The number of hydrogen-bond donors (Lipinski definition) is 1. The smallest absolute Gasteiger partial charge is 0.108 e. The first kappa shape index (κ1) is 6.15. The highest BCUT2D eigenvalue weighted by atomic mass is 14.9. The fourth-order valence-electron chi connectivity index (χ4n) is 1.54. The van der Waals surface area contributed by atoms with E-state index in [0.717, 1.165) is 18.2 Å². The van der Waals surface area contributed by atoms with Gasteiger partial charge in [-0.25, -0.2) is 0 Å². The summed E-state index contributed by atoms with van der Waals surface area (Å²) >= 11 is 0. The Balaban J connectivity index is 2.50. The molecule has 2 heteroatoms. The Morgan fingerprint density at radius 1 is 1.75 bits per heavy atom. The van der Waals surface area contributed by atoms with Crippen LogP contribution in [0, 0.1) is 5.92 Å². The third-order valence-electron chi connectivity index (χ3n) is 2.95. The molecule has 1 nitrogen and oxygen atoms in total.